The summed E-state index contributed by atoms with van der Waals surface area (Å²) < 4.78 is 79.9. The van der Waals surface area contributed by atoms with Crippen LogP contribution < -0.4 is 24.2 Å². The van der Waals surface area contributed by atoms with Crippen molar-refractivity contribution >= 4 is 48.7 Å². The third kappa shape index (κ3) is 10.3. The van der Waals surface area contributed by atoms with Crippen LogP contribution in [0.3, 0.4) is 0 Å². The second kappa shape index (κ2) is 18.2. The molecule has 5 rings (SSSR count). The van der Waals surface area contributed by atoms with E-state index in [2.05, 4.69) is 20.2 Å². The van der Waals surface area contributed by atoms with Crippen molar-refractivity contribution in [2.24, 2.45) is 0 Å². The summed E-state index contributed by atoms with van der Waals surface area (Å²) in [6, 6.07) is 23.2. The number of tetrazole rings is 1. The highest BCUT2D eigenvalue weighted by Crippen LogP contribution is 2.38. The van der Waals surface area contributed by atoms with Crippen molar-refractivity contribution in [2.75, 3.05) is 34.4 Å². The number of hydrogen-bond donors (Lipinski definition) is 4. The molecule has 0 aliphatic rings. The molecule has 4 N–H and O–H groups in total. The normalized spacial score (nSPS) is 12.3. The Hall–Kier alpha value is -4.87. The van der Waals surface area contributed by atoms with E-state index in [0.717, 1.165) is 15.9 Å². The molecular formula is C35H38IN7O10S2. The van der Waals surface area contributed by atoms with Gasteiger partial charge in [-0.3, -0.25) is 0 Å². The molecular weight excluding hydrogens is 869 g/mol. The average Bonchev–Trinajstić information content (AvgIpc) is 3.64. The highest BCUT2D eigenvalue weighted by atomic mass is 127. The lowest BCUT2D eigenvalue weighted by Gasteiger charge is -2.26. The van der Waals surface area contributed by atoms with Gasteiger partial charge in [0.15, 0.2) is 5.82 Å². The van der Waals surface area contributed by atoms with Crippen LogP contribution in [-0.2, 0) is 39.7 Å². The Labute approximate surface area is 331 Å². The standard InChI is InChI=1S/C35H38IN7O10S2/c1-51-27-10-4-23(5-11-27)20-42(21-24-6-12-28(52-2)13-7-24)55(49,50)33-31(54(47,48)38-19-26(44)18-37-35(45)46)17-16-30(36)32(33)34-39-40-41-43(34)22-25-8-14-29(53-3)15-9-25/h4-17,26,37-38,44H,18-22H2,1-3H3,(H,45,46)/t26-/m0/s1. The first-order valence-corrected chi connectivity index (χ1v) is 20.4. The van der Waals surface area contributed by atoms with E-state index in [1.54, 1.807) is 72.8 Å². The van der Waals surface area contributed by atoms with E-state index in [-0.39, 0.29) is 31.0 Å². The summed E-state index contributed by atoms with van der Waals surface area (Å²) in [4.78, 5) is 9.70. The van der Waals surface area contributed by atoms with Crippen LogP contribution in [0.15, 0.2) is 94.7 Å². The van der Waals surface area contributed by atoms with Crippen LogP contribution in [0.4, 0.5) is 4.79 Å². The lowest BCUT2D eigenvalue weighted by Crippen LogP contribution is -2.40. The van der Waals surface area contributed by atoms with Gasteiger partial charge in [0.2, 0.25) is 20.0 Å². The molecule has 0 bridgehead atoms. The maximum Gasteiger partial charge on any atom is 0.404 e. The highest BCUT2D eigenvalue weighted by Gasteiger charge is 2.37. The Morgan fingerprint density at radius 2 is 1.31 bits per heavy atom. The molecule has 292 valence electrons. The molecule has 20 heteroatoms. The van der Waals surface area contributed by atoms with Crippen LogP contribution in [0.25, 0.3) is 11.4 Å². The maximum atomic E-state index is 15.3. The number of benzene rings is 4. The largest absolute Gasteiger partial charge is 0.497 e. The maximum absolute atomic E-state index is 15.3. The molecule has 4 aromatic carbocycles. The lowest BCUT2D eigenvalue weighted by molar-refractivity contribution is 0.159. The van der Waals surface area contributed by atoms with E-state index in [1.165, 1.54) is 32.1 Å². The molecule has 17 nitrogen and oxygen atoms in total. The summed E-state index contributed by atoms with van der Waals surface area (Å²) in [6.07, 6.45) is -2.90. The van der Waals surface area contributed by atoms with Crippen LogP contribution in [0, 0.1) is 3.57 Å². The second-order valence-corrected chi connectivity index (χ2v) is 16.7. The third-order valence-corrected chi connectivity index (χ3v) is 12.6. The Balaban J connectivity index is 1.69. The number of hydrogen-bond acceptors (Lipinski definition) is 12. The first kappa shape index (κ1) is 41.3. The fraction of sp³-hybridized carbons (Fsp3) is 0.257. The summed E-state index contributed by atoms with van der Waals surface area (Å²) in [7, 11) is -4.99. The average molecular weight is 908 g/mol. The van der Waals surface area contributed by atoms with Crippen molar-refractivity contribution in [3.05, 3.63) is 105 Å². The number of aromatic nitrogens is 4. The van der Waals surface area contributed by atoms with Crippen molar-refractivity contribution < 1.29 is 46.1 Å². The monoisotopic (exact) mass is 907 g/mol. The molecule has 0 aliphatic carbocycles. The SMILES string of the molecule is COc1ccc(CN(Cc2ccc(OC)cc2)S(=O)(=O)c2c(S(=O)(=O)NC[C@@H](O)CNC(=O)O)ccc(I)c2-c2nnnn2Cc2ccc(OC)cc2)cc1. The Kier molecular flexibility index (Phi) is 13.6. The van der Waals surface area contributed by atoms with Gasteiger partial charge in [0.1, 0.15) is 27.0 Å². The van der Waals surface area contributed by atoms with E-state index in [0.29, 0.717) is 31.9 Å². The number of aliphatic hydroxyl groups excluding tert-OH is 1. The minimum Gasteiger partial charge on any atom is -0.497 e. The van der Waals surface area contributed by atoms with Gasteiger partial charge in [-0.15, -0.1) is 5.10 Å². The van der Waals surface area contributed by atoms with E-state index < -0.39 is 55.1 Å². The van der Waals surface area contributed by atoms with E-state index >= 15 is 8.42 Å². The van der Waals surface area contributed by atoms with Crippen molar-refractivity contribution in [3.8, 4) is 28.6 Å². The zero-order valence-corrected chi connectivity index (χ0v) is 33.6. The molecule has 0 radical (unpaired) electrons. The number of nitrogens with zero attached hydrogens (tertiary/aromatic N) is 5. The van der Waals surface area contributed by atoms with Crippen molar-refractivity contribution in [1.29, 1.82) is 0 Å². The van der Waals surface area contributed by atoms with Crippen LogP contribution in [0.5, 0.6) is 17.2 Å². The van der Waals surface area contributed by atoms with E-state index in [4.69, 9.17) is 19.3 Å². The number of sulfonamides is 2. The number of rotatable bonds is 18. The van der Waals surface area contributed by atoms with Gasteiger partial charge in [-0.05, 0) is 98.2 Å². The lowest BCUT2D eigenvalue weighted by atomic mass is 10.2. The number of ether oxygens (including phenoxy) is 3. The van der Waals surface area contributed by atoms with Crippen LogP contribution in [0.2, 0.25) is 0 Å². The number of halogens is 1. The summed E-state index contributed by atoms with van der Waals surface area (Å²) in [5.74, 6) is 1.69. The first-order valence-electron chi connectivity index (χ1n) is 16.4. The number of carbonyl (C=O) groups is 1. The molecule has 0 aliphatic heterocycles. The molecule has 1 amide bonds. The minimum absolute atomic E-state index is 0.0321. The van der Waals surface area contributed by atoms with Gasteiger partial charge in [-0.2, -0.15) is 4.31 Å². The van der Waals surface area contributed by atoms with Crippen molar-refractivity contribution in [3.63, 3.8) is 0 Å². The van der Waals surface area contributed by atoms with Crippen molar-refractivity contribution in [1.82, 2.24) is 34.6 Å². The molecule has 55 heavy (non-hydrogen) atoms. The molecule has 0 fully saturated rings. The van der Waals surface area contributed by atoms with Gasteiger partial charge < -0.3 is 29.7 Å². The molecule has 0 unspecified atom stereocenters. The van der Waals surface area contributed by atoms with E-state index in [9.17, 15) is 18.3 Å². The fourth-order valence-electron chi connectivity index (χ4n) is 5.39. The predicted molar refractivity (Wildman–Crippen MR) is 208 cm³/mol. The van der Waals surface area contributed by atoms with Crippen molar-refractivity contribution in [2.45, 2.75) is 35.5 Å². The smallest absolute Gasteiger partial charge is 0.404 e. The molecule has 0 spiro atoms. The Bertz CT molecular complexity index is 2260. The van der Waals surface area contributed by atoms with Gasteiger partial charge >= 0.3 is 6.09 Å². The van der Waals surface area contributed by atoms with Gasteiger partial charge in [0.05, 0.1) is 39.5 Å². The Morgan fingerprint density at radius 3 is 1.80 bits per heavy atom. The summed E-state index contributed by atoms with van der Waals surface area (Å²) >= 11 is 1.91. The number of methoxy groups -OCH3 is 3. The van der Waals surface area contributed by atoms with Crippen LogP contribution in [0.1, 0.15) is 16.7 Å². The summed E-state index contributed by atoms with van der Waals surface area (Å²) in [5.41, 5.74) is 1.81. The van der Waals surface area contributed by atoms with Gasteiger partial charge in [0, 0.05) is 29.7 Å². The second-order valence-electron chi connectivity index (χ2n) is 11.9. The van der Waals surface area contributed by atoms with Gasteiger partial charge in [-0.25, -0.2) is 31.0 Å². The van der Waals surface area contributed by atoms with Crippen LogP contribution >= 0.6 is 22.6 Å². The molecule has 0 saturated carbocycles. The zero-order chi connectivity index (χ0) is 39.8. The quantitative estimate of drug-likeness (QED) is 0.0928. The topological polar surface area (TPSA) is 224 Å². The number of aliphatic hydroxyl groups is 1. The van der Waals surface area contributed by atoms with E-state index in [1.807, 2.05) is 27.9 Å². The highest BCUT2D eigenvalue weighted by molar-refractivity contribution is 14.1. The zero-order valence-electron chi connectivity index (χ0n) is 29.8. The number of amides is 1. The van der Waals surface area contributed by atoms with Crippen LogP contribution in [-0.4, -0.2) is 98.2 Å². The predicted octanol–water partition coefficient (Wildman–Crippen LogP) is 3.32. The summed E-state index contributed by atoms with van der Waals surface area (Å²) in [5, 5.41) is 33.4. The number of nitrogens with one attached hydrogen (secondary N) is 2. The third-order valence-electron chi connectivity index (χ3n) is 8.24. The van der Waals surface area contributed by atoms with Gasteiger partial charge in [0.25, 0.3) is 0 Å². The first-order chi connectivity index (χ1) is 26.2. The molecule has 5 aromatic rings. The summed E-state index contributed by atoms with van der Waals surface area (Å²) in [6.45, 7) is -1.42. The molecule has 0 saturated heterocycles. The molecule has 1 aromatic heterocycles. The molecule has 1 heterocycles. The molecule has 1 atom stereocenters. The fourth-order valence-corrected chi connectivity index (χ4v) is 9.75. The number of carboxylic acid groups (broad SMARTS) is 1. The minimum atomic E-state index is -4.81. The Morgan fingerprint density at radius 1 is 0.800 bits per heavy atom. The van der Waals surface area contributed by atoms with Gasteiger partial charge in [-0.1, -0.05) is 36.4 Å².